The van der Waals surface area contributed by atoms with E-state index >= 15 is 0 Å². The van der Waals surface area contributed by atoms with Crippen LogP contribution in [0.2, 0.25) is 5.02 Å². The molecule has 1 N–H and O–H groups in total. The van der Waals surface area contributed by atoms with Crippen molar-refractivity contribution in [3.05, 3.63) is 16.4 Å². The van der Waals surface area contributed by atoms with Crippen molar-refractivity contribution in [1.29, 1.82) is 0 Å². The Morgan fingerprint density at radius 1 is 1.67 bits per heavy atom. The Bertz CT molecular complexity index is 378. The average Bonchev–Trinajstić information content (AvgIpc) is 2.46. The minimum atomic E-state index is -2.73. The summed E-state index contributed by atoms with van der Waals surface area (Å²) < 4.78 is 25.9. The smallest absolute Gasteiger partial charge is 0.283 e. The largest absolute Gasteiger partial charge is 0.358 e. The predicted molar refractivity (Wildman–Crippen MR) is 51.0 cm³/mol. The maximum atomic E-state index is 12.4. The van der Waals surface area contributed by atoms with E-state index in [4.69, 9.17) is 11.6 Å². The van der Waals surface area contributed by atoms with Gasteiger partial charge in [0, 0.05) is 7.05 Å². The molecule has 0 unspecified atom stereocenters. The van der Waals surface area contributed by atoms with Crippen LogP contribution in [0, 0.1) is 6.92 Å². The molecule has 1 aromatic heterocycles. The lowest BCUT2D eigenvalue weighted by molar-refractivity contribution is -0.121. The van der Waals surface area contributed by atoms with Crippen LogP contribution in [0.5, 0.6) is 0 Å². The molecule has 1 heterocycles. The first-order valence-electron chi connectivity index (χ1n) is 4.19. The van der Waals surface area contributed by atoms with E-state index in [0.717, 1.165) is 4.68 Å². The molecule has 0 atom stereocenters. The summed E-state index contributed by atoms with van der Waals surface area (Å²) >= 11 is 5.64. The Balaban J connectivity index is 3.00. The van der Waals surface area contributed by atoms with Gasteiger partial charge in [0.25, 0.3) is 6.43 Å². The first kappa shape index (κ1) is 11.9. The summed E-state index contributed by atoms with van der Waals surface area (Å²) in [5.74, 6) is -0.321. The van der Waals surface area contributed by atoms with Crippen LogP contribution in [-0.4, -0.2) is 22.7 Å². The fraction of sp³-hybridized carbons (Fsp3) is 0.500. The quantitative estimate of drug-likeness (QED) is 0.867. The van der Waals surface area contributed by atoms with Crippen molar-refractivity contribution in [3.8, 4) is 0 Å². The lowest BCUT2D eigenvalue weighted by Gasteiger charge is -2.02. The molecule has 84 valence electrons. The van der Waals surface area contributed by atoms with Gasteiger partial charge in [-0.05, 0) is 6.92 Å². The van der Waals surface area contributed by atoms with Gasteiger partial charge >= 0.3 is 0 Å². The van der Waals surface area contributed by atoms with Crippen LogP contribution in [0.3, 0.4) is 0 Å². The first-order chi connectivity index (χ1) is 6.97. The van der Waals surface area contributed by atoms with Crippen LogP contribution < -0.4 is 5.32 Å². The summed E-state index contributed by atoms with van der Waals surface area (Å²) in [6, 6.07) is 0. The first-order valence-corrected chi connectivity index (χ1v) is 4.56. The number of rotatable bonds is 3. The molecule has 0 bridgehead atoms. The topological polar surface area (TPSA) is 46.9 Å². The van der Waals surface area contributed by atoms with Gasteiger partial charge in [0.15, 0.2) is 0 Å². The molecule has 0 aromatic carbocycles. The van der Waals surface area contributed by atoms with E-state index in [1.54, 1.807) is 0 Å². The summed E-state index contributed by atoms with van der Waals surface area (Å²) in [6.07, 6.45) is -2.73. The summed E-state index contributed by atoms with van der Waals surface area (Å²) in [4.78, 5) is 11.0. The molecule has 0 aliphatic heterocycles. The number of alkyl halides is 2. The molecule has 0 saturated carbocycles. The Morgan fingerprint density at radius 2 is 2.27 bits per heavy atom. The second kappa shape index (κ2) is 4.57. The third-order valence-corrected chi connectivity index (χ3v) is 2.40. The van der Waals surface area contributed by atoms with Crippen LogP contribution in [-0.2, 0) is 11.3 Å². The van der Waals surface area contributed by atoms with Crippen molar-refractivity contribution in [3.63, 3.8) is 0 Å². The molecule has 1 amide bonds. The highest BCUT2D eigenvalue weighted by atomic mass is 35.5. The molecule has 0 saturated heterocycles. The normalized spacial score (nSPS) is 10.8. The second-order valence-corrected chi connectivity index (χ2v) is 3.29. The zero-order chi connectivity index (χ0) is 11.6. The number of carbonyl (C=O) groups excluding carboxylic acids is 1. The number of nitrogens with zero attached hydrogens (tertiary/aromatic N) is 2. The van der Waals surface area contributed by atoms with E-state index in [0.29, 0.717) is 5.69 Å². The monoisotopic (exact) mass is 237 g/mol. The van der Waals surface area contributed by atoms with Gasteiger partial charge < -0.3 is 5.32 Å². The van der Waals surface area contributed by atoms with Gasteiger partial charge in [-0.1, -0.05) is 11.6 Å². The minimum Gasteiger partial charge on any atom is -0.358 e. The van der Waals surface area contributed by atoms with Crippen LogP contribution in [0.4, 0.5) is 8.78 Å². The molecule has 0 radical (unpaired) electrons. The fourth-order valence-electron chi connectivity index (χ4n) is 1.06. The Hall–Kier alpha value is -1.17. The molecule has 0 spiro atoms. The van der Waals surface area contributed by atoms with E-state index < -0.39 is 12.1 Å². The number of amides is 1. The van der Waals surface area contributed by atoms with Crippen LogP contribution in [0.25, 0.3) is 0 Å². The standard InChI is InChI=1S/C8H10ClF2N3O/c1-4-6(9)7(8(10)11)13-14(4)3-5(15)12-2/h8H,3H2,1-2H3,(H,12,15). The zero-order valence-electron chi connectivity index (χ0n) is 8.22. The molecule has 0 aliphatic rings. The molecule has 4 nitrogen and oxygen atoms in total. The third-order valence-electron chi connectivity index (χ3n) is 1.94. The molecule has 1 rings (SSSR count). The number of hydrogen-bond donors (Lipinski definition) is 1. The number of halogens is 3. The van der Waals surface area contributed by atoms with Gasteiger partial charge in [0.1, 0.15) is 12.2 Å². The van der Waals surface area contributed by atoms with Gasteiger partial charge in [-0.3, -0.25) is 9.48 Å². The van der Waals surface area contributed by atoms with E-state index in [1.165, 1.54) is 14.0 Å². The van der Waals surface area contributed by atoms with E-state index in [-0.39, 0.29) is 17.5 Å². The number of carbonyl (C=O) groups is 1. The fourth-order valence-corrected chi connectivity index (χ4v) is 1.27. The highest BCUT2D eigenvalue weighted by Crippen LogP contribution is 2.28. The minimum absolute atomic E-state index is 0.0890. The van der Waals surface area contributed by atoms with Crippen LogP contribution in [0.15, 0.2) is 0 Å². The van der Waals surface area contributed by atoms with Crippen molar-refractivity contribution in [1.82, 2.24) is 15.1 Å². The van der Waals surface area contributed by atoms with E-state index in [2.05, 4.69) is 10.4 Å². The lowest BCUT2D eigenvalue weighted by Crippen LogP contribution is -2.24. The third kappa shape index (κ3) is 2.44. The number of nitrogens with one attached hydrogen (secondary N) is 1. The average molecular weight is 238 g/mol. The maximum Gasteiger partial charge on any atom is 0.283 e. The Labute approximate surface area is 90.2 Å². The molecule has 1 aromatic rings. The van der Waals surface area contributed by atoms with Crippen LogP contribution in [0.1, 0.15) is 17.8 Å². The highest BCUT2D eigenvalue weighted by molar-refractivity contribution is 6.31. The number of likely N-dealkylation sites (N-methyl/N-ethyl adjacent to an activating group) is 1. The summed E-state index contributed by atoms with van der Waals surface area (Å²) in [6.45, 7) is 1.42. The summed E-state index contributed by atoms with van der Waals surface area (Å²) in [5.41, 5.74) is -0.131. The SMILES string of the molecule is CNC(=O)Cn1nc(C(F)F)c(Cl)c1C. The summed E-state index contributed by atoms with van der Waals surface area (Å²) in [7, 11) is 1.46. The number of hydrogen-bond acceptors (Lipinski definition) is 2. The summed E-state index contributed by atoms with van der Waals surface area (Å²) in [5, 5.41) is 5.85. The van der Waals surface area contributed by atoms with Gasteiger partial charge in [0.05, 0.1) is 10.7 Å². The molecule has 0 aliphatic carbocycles. The molecular weight excluding hydrogens is 228 g/mol. The lowest BCUT2D eigenvalue weighted by atomic mass is 10.4. The Kier molecular flexibility index (Phi) is 3.62. The van der Waals surface area contributed by atoms with Crippen molar-refractivity contribution in [2.24, 2.45) is 0 Å². The molecular formula is C8H10ClF2N3O. The van der Waals surface area contributed by atoms with Gasteiger partial charge in [0.2, 0.25) is 5.91 Å². The molecule has 7 heteroatoms. The molecule has 0 fully saturated rings. The van der Waals surface area contributed by atoms with Crippen molar-refractivity contribution in [2.45, 2.75) is 19.9 Å². The second-order valence-electron chi connectivity index (χ2n) is 2.92. The van der Waals surface area contributed by atoms with Crippen LogP contribution >= 0.6 is 11.6 Å². The van der Waals surface area contributed by atoms with Gasteiger partial charge in [-0.15, -0.1) is 0 Å². The van der Waals surface area contributed by atoms with E-state index in [9.17, 15) is 13.6 Å². The van der Waals surface area contributed by atoms with Gasteiger partial charge in [-0.2, -0.15) is 5.10 Å². The Morgan fingerprint density at radius 3 is 2.67 bits per heavy atom. The maximum absolute atomic E-state index is 12.4. The van der Waals surface area contributed by atoms with E-state index in [1.807, 2.05) is 0 Å². The van der Waals surface area contributed by atoms with Crippen molar-refractivity contribution < 1.29 is 13.6 Å². The zero-order valence-corrected chi connectivity index (χ0v) is 8.98. The molecule has 15 heavy (non-hydrogen) atoms. The van der Waals surface area contributed by atoms with Gasteiger partial charge in [-0.25, -0.2) is 8.78 Å². The predicted octanol–water partition coefficient (Wildman–Crippen LogP) is 1.53. The van der Waals surface area contributed by atoms with Crippen molar-refractivity contribution in [2.75, 3.05) is 7.05 Å². The number of aromatic nitrogens is 2. The highest BCUT2D eigenvalue weighted by Gasteiger charge is 2.21. The van der Waals surface area contributed by atoms with Crippen molar-refractivity contribution >= 4 is 17.5 Å².